The van der Waals surface area contributed by atoms with Gasteiger partial charge in [0, 0.05) is 24.7 Å². The minimum absolute atomic E-state index is 0.00266. The average Bonchev–Trinajstić information content (AvgIpc) is 2.70. The molecule has 0 aliphatic heterocycles. The Balaban J connectivity index is 1.77. The molecule has 148 valence electrons. The summed E-state index contributed by atoms with van der Waals surface area (Å²) in [4.78, 5) is 17.0. The summed E-state index contributed by atoms with van der Waals surface area (Å²) in [6.07, 6.45) is 0.530. The normalized spacial score (nSPS) is 10.6. The number of anilines is 1. The summed E-state index contributed by atoms with van der Waals surface area (Å²) >= 11 is 6.18. The lowest BCUT2D eigenvalue weighted by molar-refractivity contribution is 0.574. The van der Waals surface area contributed by atoms with Gasteiger partial charge < -0.3 is 5.32 Å². The number of aryl methyl sites for hydroxylation is 2. The quantitative estimate of drug-likeness (QED) is 0.656. The zero-order chi connectivity index (χ0) is 21.0. The SMILES string of the molecule is Cc1nc(NCc2ccc(F)cc2F)c(Cl)c(=O)n1CCc1cccc(C#N)c1. The second-order valence-corrected chi connectivity index (χ2v) is 6.81. The highest BCUT2D eigenvalue weighted by Crippen LogP contribution is 2.18. The Morgan fingerprint density at radius 1 is 1.24 bits per heavy atom. The molecule has 1 aromatic heterocycles. The lowest BCUT2D eigenvalue weighted by atomic mass is 10.1. The summed E-state index contributed by atoms with van der Waals surface area (Å²) in [5.74, 6) is -0.780. The van der Waals surface area contributed by atoms with Crippen molar-refractivity contribution in [2.45, 2.75) is 26.4 Å². The maximum absolute atomic E-state index is 13.8. The fourth-order valence-electron chi connectivity index (χ4n) is 2.90. The standard InChI is InChI=1S/C21H17ClF2N4O/c1-13-27-20(26-12-16-5-6-17(23)10-18(16)24)19(22)21(29)28(13)8-7-14-3-2-4-15(9-14)11-25/h2-6,9-10,26H,7-8,12H2,1H3. The van der Waals surface area contributed by atoms with Crippen LogP contribution in [0.1, 0.15) is 22.5 Å². The Hall–Kier alpha value is -3.24. The van der Waals surface area contributed by atoms with Crippen molar-refractivity contribution in [2.24, 2.45) is 0 Å². The molecule has 0 amide bonds. The summed E-state index contributed by atoms with van der Waals surface area (Å²) in [6.45, 7) is 2.02. The maximum Gasteiger partial charge on any atom is 0.274 e. The number of benzene rings is 2. The van der Waals surface area contributed by atoms with Gasteiger partial charge in [0.05, 0.1) is 11.6 Å². The molecule has 0 saturated carbocycles. The predicted octanol–water partition coefficient (Wildman–Crippen LogP) is 4.21. The third kappa shape index (κ3) is 4.79. The Morgan fingerprint density at radius 3 is 2.76 bits per heavy atom. The van der Waals surface area contributed by atoms with Gasteiger partial charge >= 0.3 is 0 Å². The van der Waals surface area contributed by atoms with E-state index in [-0.39, 0.29) is 22.9 Å². The highest BCUT2D eigenvalue weighted by molar-refractivity contribution is 6.32. The van der Waals surface area contributed by atoms with Gasteiger partial charge in [0.15, 0.2) is 5.82 Å². The van der Waals surface area contributed by atoms with Crippen molar-refractivity contribution in [3.05, 3.63) is 92.0 Å². The van der Waals surface area contributed by atoms with Gasteiger partial charge in [-0.2, -0.15) is 5.26 Å². The van der Waals surface area contributed by atoms with E-state index in [0.717, 1.165) is 17.7 Å². The lowest BCUT2D eigenvalue weighted by Crippen LogP contribution is -2.26. The Kier molecular flexibility index (Phi) is 6.25. The van der Waals surface area contributed by atoms with Crippen LogP contribution in [0, 0.1) is 29.9 Å². The highest BCUT2D eigenvalue weighted by atomic mass is 35.5. The van der Waals surface area contributed by atoms with Crippen LogP contribution < -0.4 is 10.9 Å². The summed E-state index contributed by atoms with van der Waals surface area (Å²) in [5.41, 5.74) is 1.27. The molecule has 3 rings (SSSR count). The average molecular weight is 415 g/mol. The highest BCUT2D eigenvalue weighted by Gasteiger charge is 2.14. The smallest absolute Gasteiger partial charge is 0.274 e. The summed E-state index contributed by atoms with van der Waals surface area (Å²) in [6, 6.07) is 12.5. The molecule has 0 bridgehead atoms. The van der Waals surface area contributed by atoms with Crippen LogP contribution in [0.25, 0.3) is 0 Å². The van der Waals surface area contributed by atoms with Crippen molar-refractivity contribution < 1.29 is 8.78 Å². The van der Waals surface area contributed by atoms with Crippen molar-refractivity contribution >= 4 is 17.4 Å². The van der Waals surface area contributed by atoms with E-state index in [1.165, 1.54) is 10.6 Å². The fourth-order valence-corrected chi connectivity index (χ4v) is 3.11. The number of halogens is 3. The van der Waals surface area contributed by atoms with Crippen molar-refractivity contribution in [1.82, 2.24) is 9.55 Å². The van der Waals surface area contributed by atoms with Crippen LogP contribution >= 0.6 is 11.6 Å². The zero-order valence-electron chi connectivity index (χ0n) is 15.5. The molecule has 3 aromatic rings. The molecule has 2 aromatic carbocycles. The molecule has 1 N–H and O–H groups in total. The molecule has 0 fully saturated rings. The molecule has 0 radical (unpaired) electrons. The Bertz CT molecular complexity index is 1150. The predicted molar refractivity (Wildman–Crippen MR) is 107 cm³/mol. The molecular weight excluding hydrogens is 398 g/mol. The first-order valence-corrected chi connectivity index (χ1v) is 9.20. The summed E-state index contributed by atoms with van der Waals surface area (Å²) in [5, 5.41) is 11.7. The van der Waals surface area contributed by atoms with E-state index in [1.54, 1.807) is 25.1 Å². The fraction of sp³-hybridized carbons (Fsp3) is 0.190. The second-order valence-electron chi connectivity index (χ2n) is 6.43. The molecule has 0 atom stereocenters. The van der Waals surface area contributed by atoms with Gasteiger partial charge in [0.25, 0.3) is 5.56 Å². The van der Waals surface area contributed by atoms with E-state index in [0.29, 0.717) is 24.4 Å². The second kappa shape index (κ2) is 8.84. The Labute approximate surface area is 171 Å². The van der Waals surface area contributed by atoms with E-state index in [2.05, 4.69) is 16.4 Å². The molecule has 0 unspecified atom stereocenters. The lowest BCUT2D eigenvalue weighted by Gasteiger charge is -2.14. The topological polar surface area (TPSA) is 70.7 Å². The molecule has 0 spiro atoms. The number of aromatic nitrogens is 2. The largest absolute Gasteiger partial charge is 0.364 e. The molecule has 0 aliphatic rings. The number of hydrogen-bond donors (Lipinski definition) is 1. The van der Waals surface area contributed by atoms with Crippen LogP contribution in [0.4, 0.5) is 14.6 Å². The summed E-state index contributed by atoms with van der Waals surface area (Å²) in [7, 11) is 0. The van der Waals surface area contributed by atoms with Crippen LogP contribution in [-0.2, 0) is 19.5 Å². The number of nitriles is 1. The van der Waals surface area contributed by atoms with E-state index in [1.807, 2.05) is 6.07 Å². The molecular formula is C21H17ClF2N4O. The molecule has 5 nitrogen and oxygen atoms in total. The molecule has 0 aliphatic carbocycles. The Morgan fingerprint density at radius 2 is 2.03 bits per heavy atom. The van der Waals surface area contributed by atoms with Gasteiger partial charge in [-0.1, -0.05) is 29.8 Å². The van der Waals surface area contributed by atoms with Crippen molar-refractivity contribution in [1.29, 1.82) is 5.26 Å². The van der Waals surface area contributed by atoms with Crippen molar-refractivity contribution in [3.63, 3.8) is 0 Å². The zero-order valence-corrected chi connectivity index (χ0v) is 16.3. The van der Waals surface area contributed by atoms with Crippen molar-refractivity contribution in [3.8, 4) is 6.07 Å². The van der Waals surface area contributed by atoms with Gasteiger partial charge in [-0.3, -0.25) is 9.36 Å². The number of rotatable bonds is 6. The van der Waals surface area contributed by atoms with Crippen LogP contribution in [-0.4, -0.2) is 9.55 Å². The van der Waals surface area contributed by atoms with Crippen LogP contribution in [0.5, 0.6) is 0 Å². The van der Waals surface area contributed by atoms with Gasteiger partial charge in [-0.25, -0.2) is 13.8 Å². The summed E-state index contributed by atoms with van der Waals surface area (Å²) < 4.78 is 28.2. The van der Waals surface area contributed by atoms with Crippen molar-refractivity contribution in [2.75, 3.05) is 5.32 Å². The van der Waals surface area contributed by atoms with E-state index < -0.39 is 17.2 Å². The molecule has 1 heterocycles. The first-order valence-electron chi connectivity index (χ1n) is 8.83. The van der Waals surface area contributed by atoms with Crippen LogP contribution in [0.3, 0.4) is 0 Å². The third-order valence-corrected chi connectivity index (χ3v) is 4.79. The molecule has 0 saturated heterocycles. The molecule has 29 heavy (non-hydrogen) atoms. The number of hydrogen-bond acceptors (Lipinski definition) is 4. The third-order valence-electron chi connectivity index (χ3n) is 4.45. The first-order chi connectivity index (χ1) is 13.9. The minimum atomic E-state index is -0.696. The first kappa shape index (κ1) is 20.5. The van der Waals surface area contributed by atoms with Gasteiger partial charge in [-0.05, 0) is 37.1 Å². The molecule has 8 heteroatoms. The van der Waals surface area contributed by atoms with Gasteiger partial charge in [0.2, 0.25) is 0 Å². The van der Waals surface area contributed by atoms with Crippen LogP contribution in [0.15, 0.2) is 47.3 Å². The minimum Gasteiger partial charge on any atom is -0.364 e. The van der Waals surface area contributed by atoms with Gasteiger partial charge in [-0.15, -0.1) is 0 Å². The number of nitrogens with one attached hydrogen (secondary N) is 1. The van der Waals surface area contributed by atoms with E-state index in [4.69, 9.17) is 16.9 Å². The van der Waals surface area contributed by atoms with Gasteiger partial charge in [0.1, 0.15) is 22.5 Å². The maximum atomic E-state index is 13.8. The van der Waals surface area contributed by atoms with E-state index in [9.17, 15) is 13.6 Å². The monoisotopic (exact) mass is 414 g/mol. The van der Waals surface area contributed by atoms with E-state index >= 15 is 0 Å². The van der Waals surface area contributed by atoms with Crippen LogP contribution in [0.2, 0.25) is 5.02 Å². The number of nitrogens with zero attached hydrogens (tertiary/aromatic N) is 3.